The van der Waals surface area contributed by atoms with Crippen molar-refractivity contribution in [2.75, 3.05) is 4.90 Å². The van der Waals surface area contributed by atoms with Gasteiger partial charge in [-0.05, 0) is 152 Å². The van der Waals surface area contributed by atoms with Crippen molar-refractivity contribution in [1.29, 1.82) is 0 Å². The Morgan fingerprint density at radius 3 is 1.89 bits per heavy atom. The monoisotopic (exact) mass is 629 g/mol. The van der Waals surface area contributed by atoms with Gasteiger partial charge in [0.25, 0.3) is 0 Å². The number of benzene rings is 2. The topological polar surface area (TPSA) is 63.7 Å². The summed E-state index contributed by atoms with van der Waals surface area (Å²) in [6.07, 6.45) is 21.3. The number of carbonyl (C=O) groups is 3. The SMILES string of the molecule is CC1CCC(C2CCC(c3ccc(/C=C/C(=O)Oc4ccc(N5C(=O)C6C7CC(C6C5=O)C5C6C=CC(C6)C75)cc4)cc3)CC2)CC1. The lowest BCUT2D eigenvalue weighted by molar-refractivity contribution is -0.129. The van der Waals surface area contributed by atoms with Crippen LogP contribution in [0.25, 0.3) is 6.08 Å². The fourth-order valence-corrected chi connectivity index (χ4v) is 11.9. The van der Waals surface area contributed by atoms with Crippen molar-refractivity contribution in [3.8, 4) is 5.75 Å². The van der Waals surface area contributed by atoms with Gasteiger partial charge in [0.05, 0.1) is 17.5 Å². The molecule has 2 amide bonds. The predicted octanol–water partition coefficient (Wildman–Crippen LogP) is 8.60. The van der Waals surface area contributed by atoms with Crippen LogP contribution in [0.15, 0.2) is 66.8 Å². The van der Waals surface area contributed by atoms with Crippen molar-refractivity contribution in [3.05, 3.63) is 77.9 Å². The summed E-state index contributed by atoms with van der Waals surface area (Å²) >= 11 is 0. The number of nitrogens with zero attached hydrogens (tertiary/aromatic N) is 1. The van der Waals surface area contributed by atoms with Gasteiger partial charge in [0.2, 0.25) is 11.8 Å². The number of imide groups is 1. The molecule has 1 aliphatic heterocycles. The molecule has 6 fully saturated rings. The Morgan fingerprint density at radius 2 is 1.30 bits per heavy atom. The normalized spacial score (nSPS) is 40.0. The zero-order valence-corrected chi connectivity index (χ0v) is 27.5. The van der Waals surface area contributed by atoms with Crippen molar-refractivity contribution in [2.24, 2.45) is 65.1 Å². The molecule has 2 aromatic rings. The van der Waals surface area contributed by atoms with E-state index in [4.69, 9.17) is 4.74 Å². The molecule has 5 saturated carbocycles. The van der Waals surface area contributed by atoms with Gasteiger partial charge in [0.1, 0.15) is 5.75 Å². The Bertz CT molecular complexity index is 1560. The van der Waals surface area contributed by atoms with E-state index in [1.54, 1.807) is 30.3 Å². The Morgan fingerprint density at radius 1 is 0.723 bits per heavy atom. The Hall–Kier alpha value is -3.47. The molecule has 9 rings (SSSR count). The molecule has 5 nitrogen and oxygen atoms in total. The molecule has 4 bridgehead atoms. The van der Waals surface area contributed by atoms with Crippen LogP contribution in [0, 0.1) is 65.1 Å². The van der Waals surface area contributed by atoms with Crippen LogP contribution in [0.3, 0.4) is 0 Å². The summed E-state index contributed by atoms with van der Waals surface area (Å²) in [6.45, 7) is 2.41. The molecule has 8 atom stereocenters. The van der Waals surface area contributed by atoms with Gasteiger partial charge in [0.15, 0.2) is 0 Å². The molecule has 0 aromatic heterocycles. The van der Waals surface area contributed by atoms with Crippen LogP contribution in [0.2, 0.25) is 0 Å². The first-order valence-electron chi connectivity index (χ1n) is 18.6. The Kier molecular flexibility index (Phi) is 7.32. The highest BCUT2D eigenvalue weighted by Crippen LogP contribution is 2.70. The first kappa shape index (κ1) is 29.7. The number of carbonyl (C=O) groups excluding carboxylic acids is 3. The van der Waals surface area contributed by atoms with Crippen LogP contribution in [0.5, 0.6) is 5.75 Å². The van der Waals surface area contributed by atoms with Gasteiger partial charge in [-0.2, -0.15) is 0 Å². The molecule has 2 aromatic carbocycles. The number of fused-ring (bicyclic) bond motifs is 12. The molecular weight excluding hydrogens is 582 g/mol. The molecule has 7 aliphatic rings. The number of hydrogen-bond donors (Lipinski definition) is 0. The minimum Gasteiger partial charge on any atom is -0.423 e. The van der Waals surface area contributed by atoms with Gasteiger partial charge < -0.3 is 4.74 Å². The first-order chi connectivity index (χ1) is 22.9. The third-order valence-electron chi connectivity index (χ3n) is 14.1. The van der Waals surface area contributed by atoms with Gasteiger partial charge in [-0.1, -0.05) is 56.2 Å². The second kappa shape index (κ2) is 11.6. The van der Waals surface area contributed by atoms with Crippen LogP contribution >= 0.6 is 0 Å². The van der Waals surface area contributed by atoms with E-state index in [2.05, 4.69) is 43.3 Å². The van der Waals surface area contributed by atoms with Crippen LogP contribution in [0.1, 0.15) is 88.2 Å². The average molecular weight is 630 g/mol. The maximum Gasteiger partial charge on any atom is 0.336 e. The number of hydrogen-bond acceptors (Lipinski definition) is 4. The highest BCUT2D eigenvalue weighted by atomic mass is 16.5. The number of allylic oxidation sites excluding steroid dienone is 2. The molecule has 1 saturated heterocycles. The molecule has 6 aliphatic carbocycles. The summed E-state index contributed by atoms with van der Waals surface area (Å²) in [5.41, 5.74) is 2.97. The van der Waals surface area contributed by atoms with Crippen molar-refractivity contribution in [3.63, 3.8) is 0 Å². The molecule has 47 heavy (non-hydrogen) atoms. The lowest BCUT2D eigenvalue weighted by atomic mass is 9.65. The van der Waals surface area contributed by atoms with Gasteiger partial charge >= 0.3 is 5.97 Å². The fraction of sp³-hybridized carbons (Fsp3) is 0.548. The lowest BCUT2D eigenvalue weighted by Crippen LogP contribution is -2.38. The smallest absolute Gasteiger partial charge is 0.336 e. The molecule has 8 unspecified atom stereocenters. The van der Waals surface area contributed by atoms with Crippen molar-refractivity contribution >= 4 is 29.5 Å². The van der Waals surface area contributed by atoms with Crippen LogP contribution < -0.4 is 9.64 Å². The largest absolute Gasteiger partial charge is 0.423 e. The number of rotatable bonds is 6. The maximum absolute atomic E-state index is 13.7. The molecule has 0 radical (unpaired) electrons. The minimum atomic E-state index is -0.452. The van der Waals surface area contributed by atoms with E-state index in [9.17, 15) is 14.4 Å². The standard InChI is InChI=1S/C42H47NO4/c1-24-2-7-26(8-3-24)28-11-13-29(14-12-28)27-9-4-25(5-10-27)6-21-36(44)47-33-19-17-32(18-20-33)43-41(45)39-34-23-35(40(39)42(43)46)38-31-16-15-30(22-31)37(34)38/h4-6,9-10,15-21,24,26,28-31,34-35,37-40H,2-3,7-8,11-14,22-23H2,1H3/b21-6+. The molecule has 244 valence electrons. The zero-order valence-electron chi connectivity index (χ0n) is 27.5. The highest BCUT2D eigenvalue weighted by molar-refractivity contribution is 6.22. The summed E-state index contributed by atoms with van der Waals surface area (Å²) in [4.78, 5) is 41.4. The zero-order chi connectivity index (χ0) is 31.8. The van der Waals surface area contributed by atoms with E-state index in [0.717, 1.165) is 29.7 Å². The van der Waals surface area contributed by atoms with E-state index in [0.29, 0.717) is 52.9 Å². The van der Waals surface area contributed by atoms with Gasteiger partial charge in [-0.15, -0.1) is 0 Å². The summed E-state index contributed by atoms with van der Waals surface area (Å²) in [5, 5.41) is 0. The van der Waals surface area contributed by atoms with E-state index < -0.39 is 5.97 Å². The van der Waals surface area contributed by atoms with Crippen LogP contribution in [-0.4, -0.2) is 17.8 Å². The molecule has 0 spiro atoms. The molecular formula is C42H47NO4. The van der Waals surface area contributed by atoms with Crippen LogP contribution in [0.4, 0.5) is 5.69 Å². The third-order valence-corrected chi connectivity index (χ3v) is 14.1. The van der Waals surface area contributed by atoms with Crippen LogP contribution in [-0.2, 0) is 14.4 Å². The number of esters is 1. The Labute approximate surface area is 278 Å². The van der Waals surface area contributed by atoms with E-state index in [-0.39, 0.29) is 23.7 Å². The highest BCUT2D eigenvalue weighted by Gasteiger charge is 2.71. The second-order valence-corrected chi connectivity index (χ2v) is 16.3. The Balaban J connectivity index is 0.783. The van der Waals surface area contributed by atoms with E-state index in [1.807, 2.05) is 0 Å². The maximum atomic E-state index is 13.7. The summed E-state index contributed by atoms with van der Waals surface area (Å²) in [7, 11) is 0. The lowest BCUT2D eigenvalue weighted by Gasteiger charge is -2.37. The summed E-state index contributed by atoms with van der Waals surface area (Å²) in [5.74, 6) is 6.07. The quantitative estimate of drug-likeness (QED) is 0.0802. The summed E-state index contributed by atoms with van der Waals surface area (Å²) in [6, 6.07) is 15.5. The van der Waals surface area contributed by atoms with Crippen molar-refractivity contribution in [2.45, 2.75) is 77.0 Å². The van der Waals surface area contributed by atoms with Gasteiger partial charge in [-0.3, -0.25) is 14.5 Å². The van der Waals surface area contributed by atoms with E-state index in [1.165, 1.54) is 74.3 Å². The minimum absolute atomic E-state index is 0.0294. The predicted molar refractivity (Wildman–Crippen MR) is 182 cm³/mol. The van der Waals surface area contributed by atoms with Gasteiger partial charge in [-0.25, -0.2) is 4.79 Å². The number of anilines is 1. The number of amides is 2. The molecule has 5 heteroatoms. The fourth-order valence-electron chi connectivity index (χ4n) is 11.9. The number of ether oxygens (including phenoxy) is 1. The van der Waals surface area contributed by atoms with Gasteiger partial charge in [0, 0.05) is 6.08 Å². The first-order valence-corrected chi connectivity index (χ1v) is 18.6. The average Bonchev–Trinajstić information content (AvgIpc) is 3.92. The molecule has 1 heterocycles. The van der Waals surface area contributed by atoms with Crippen molar-refractivity contribution in [1.82, 2.24) is 0 Å². The second-order valence-electron chi connectivity index (χ2n) is 16.3. The molecule has 0 N–H and O–H groups in total. The summed E-state index contributed by atoms with van der Waals surface area (Å²) < 4.78 is 5.57. The van der Waals surface area contributed by atoms with E-state index >= 15 is 0 Å². The van der Waals surface area contributed by atoms with Crippen molar-refractivity contribution < 1.29 is 19.1 Å². The third kappa shape index (κ3) is 4.97.